The molecule has 1 saturated carbocycles. The van der Waals surface area contributed by atoms with Crippen molar-refractivity contribution in [3.8, 4) is 5.75 Å². The Morgan fingerprint density at radius 1 is 1.38 bits per heavy atom. The molecule has 4 heteroatoms. The maximum Gasteiger partial charge on any atom is 0.253 e. The highest BCUT2D eigenvalue weighted by atomic mass is 16.5. The molecule has 0 spiro atoms. The quantitative estimate of drug-likeness (QED) is 0.938. The Bertz CT molecular complexity index is 678. The van der Waals surface area contributed by atoms with Crippen LogP contribution in [0.25, 0.3) is 10.9 Å². The van der Waals surface area contributed by atoms with Crippen LogP contribution in [0.3, 0.4) is 0 Å². The topological polar surface area (TPSA) is 51.2 Å². The van der Waals surface area contributed by atoms with Gasteiger partial charge in [0.2, 0.25) is 0 Å². The second-order valence-corrected chi connectivity index (χ2v) is 5.69. The number of fused-ring (bicyclic) bond motifs is 1. The number of aryl methyl sites for hydroxylation is 1. The molecule has 1 aliphatic rings. The van der Waals surface area contributed by atoms with Gasteiger partial charge in [-0.1, -0.05) is 6.42 Å². The van der Waals surface area contributed by atoms with Gasteiger partial charge in [-0.05, 0) is 43.9 Å². The van der Waals surface area contributed by atoms with Crippen molar-refractivity contribution < 1.29 is 9.53 Å². The second-order valence-electron chi connectivity index (χ2n) is 5.69. The van der Waals surface area contributed by atoms with E-state index in [-0.39, 0.29) is 5.91 Å². The average molecular weight is 284 g/mol. The minimum absolute atomic E-state index is 0.0235. The zero-order valence-electron chi connectivity index (χ0n) is 12.5. The van der Waals surface area contributed by atoms with Gasteiger partial charge in [0.25, 0.3) is 5.91 Å². The van der Waals surface area contributed by atoms with E-state index in [0.717, 1.165) is 28.9 Å². The molecule has 0 radical (unpaired) electrons. The van der Waals surface area contributed by atoms with Crippen LogP contribution in [-0.2, 0) is 0 Å². The molecule has 0 saturated heterocycles. The number of nitrogens with one attached hydrogen (secondary N) is 1. The fraction of sp³-hybridized carbons (Fsp3) is 0.412. The van der Waals surface area contributed by atoms with Gasteiger partial charge in [0, 0.05) is 18.0 Å². The Balaban J connectivity index is 1.83. The number of carbonyl (C=O) groups is 1. The van der Waals surface area contributed by atoms with E-state index in [1.54, 1.807) is 7.11 Å². The van der Waals surface area contributed by atoms with Crippen LogP contribution >= 0.6 is 0 Å². The molecule has 0 atom stereocenters. The van der Waals surface area contributed by atoms with Gasteiger partial charge in [0.1, 0.15) is 5.75 Å². The van der Waals surface area contributed by atoms with E-state index in [9.17, 15) is 4.79 Å². The van der Waals surface area contributed by atoms with E-state index >= 15 is 0 Å². The van der Waals surface area contributed by atoms with Crippen LogP contribution < -0.4 is 10.1 Å². The molecule has 1 heterocycles. The van der Waals surface area contributed by atoms with Crippen LogP contribution in [0.2, 0.25) is 0 Å². The number of methoxy groups -OCH3 is 1. The third-order valence-corrected chi connectivity index (χ3v) is 4.24. The molecule has 1 amide bonds. The Morgan fingerprint density at radius 2 is 2.19 bits per heavy atom. The number of ether oxygens (including phenoxy) is 1. The molecule has 2 aromatic rings. The lowest BCUT2D eigenvalue weighted by atomic mass is 9.85. The molecule has 1 aromatic carbocycles. The Labute approximate surface area is 124 Å². The molecule has 1 aromatic heterocycles. The van der Waals surface area contributed by atoms with E-state index < -0.39 is 0 Å². The Hall–Kier alpha value is -2.10. The number of hydrogen-bond acceptors (Lipinski definition) is 3. The molecule has 0 unspecified atom stereocenters. The molecule has 0 bridgehead atoms. The molecule has 110 valence electrons. The zero-order chi connectivity index (χ0) is 14.8. The van der Waals surface area contributed by atoms with Crippen LogP contribution in [-0.4, -0.2) is 24.5 Å². The number of hydrogen-bond donors (Lipinski definition) is 1. The van der Waals surface area contributed by atoms with Crippen molar-refractivity contribution in [1.82, 2.24) is 10.3 Å². The van der Waals surface area contributed by atoms with E-state index in [2.05, 4.69) is 10.3 Å². The third-order valence-electron chi connectivity index (χ3n) is 4.24. The number of benzene rings is 1. The van der Waals surface area contributed by atoms with Crippen molar-refractivity contribution >= 4 is 16.8 Å². The standard InChI is InChI=1S/C17H20N2O2/c1-11-15(17(20)18-10-12-4-3-5-12)8-13-6-7-14(21-2)9-16(13)19-11/h6-9,12H,3-5,10H2,1-2H3,(H,18,20). The lowest BCUT2D eigenvalue weighted by Crippen LogP contribution is -2.32. The van der Waals surface area contributed by atoms with E-state index in [0.29, 0.717) is 11.5 Å². The summed E-state index contributed by atoms with van der Waals surface area (Å²) >= 11 is 0. The SMILES string of the molecule is COc1ccc2cc(C(=O)NCC3CCC3)c(C)nc2c1. The Kier molecular flexibility index (Phi) is 3.78. The van der Waals surface area contributed by atoms with Gasteiger partial charge < -0.3 is 10.1 Å². The van der Waals surface area contributed by atoms with Gasteiger partial charge in [-0.2, -0.15) is 0 Å². The van der Waals surface area contributed by atoms with Crippen molar-refractivity contribution in [2.24, 2.45) is 5.92 Å². The van der Waals surface area contributed by atoms with Crippen molar-refractivity contribution in [2.45, 2.75) is 26.2 Å². The predicted molar refractivity (Wildman–Crippen MR) is 82.7 cm³/mol. The monoisotopic (exact) mass is 284 g/mol. The summed E-state index contributed by atoms with van der Waals surface area (Å²) in [5.41, 5.74) is 2.26. The lowest BCUT2D eigenvalue weighted by Gasteiger charge is -2.25. The number of amides is 1. The van der Waals surface area contributed by atoms with E-state index in [1.807, 2.05) is 31.2 Å². The van der Waals surface area contributed by atoms with Crippen LogP contribution in [0, 0.1) is 12.8 Å². The number of pyridine rings is 1. The van der Waals surface area contributed by atoms with E-state index in [1.165, 1.54) is 19.3 Å². The molecular weight excluding hydrogens is 264 g/mol. The normalized spacial score (nSPS) is 14.8. The summed E-state index contributed by atoms with van der Waals surface area (Å²) in [6.45, 7) is 2.65. The van der Waals surface area contributed by atoms with Gasteiger partial charge in [0.15, 0.2) is 0 Å². The molecular formula is C17H20N2O2. The molecule has 3 rings (SSSR count). The first-order valence-corrected chi connectivity index (χ1v) is 7.41. The van der Waals surface area contributed by atoms with Crippen molar-refractivity contribution in [3.63, 3.8) is 0 Å². The first kappa shape index (κ1) is 13.9. The summed E-state index contributed by atoms with van der Waals surface area (Å²) in [4.78, 5) is 16.8. The molecule has 1 aliphatic carbocycles. The summed E-state index contributed by atoms with van der Waals surface area (Å²) in [7, 11) is 1.64. The Morgan fingerprint density at radius 3 is 2.86 bits per heavy atom. The second kappa shape index (κ2) is 5.72. The number of nitrogens with zero attached hydrogens (tertiary/aromatic N) is 1. The largest absolute Gasteiger partial charge is 0.497 e. The predicted octanol–water partition coefficient (Wildman–Crippen LogP) is 3.08. The third kappa shape index (κ3) is 2.84. The minimum Gasteiger partial charge on any atom is -0.497 e. The van der Waals surface area contributed by atoms with Crippen LogP contribution in [0.4, 0.5) is 0 Å². The highest BCUT2D eigenvalue weighted by Gasteiger charge is 2.19. The molecule has 4 nitrogen and oxygen atoms in total. The number of carbonyl (C=O) groups excluding carboxylic acids is 1. The van der Waals surface area contributed by atoms with Gasteiger partial charge in [0.05, 0.1) is 23.9 Å². The van der Waals surface area contributed by atoms with Crippen molar-refractivity contribution in [1.29, 1.82) is 0 Å². The minimum atomic E-state index is -0.0235. The fourth-order valence-electron chi connectivity index (χ4n) is 2.63. The summed E-state index contributed by atoms with van der Waals surface area (Å²) in [6.07, 6.45) is 3.75. The van der Waals surface area contributed by atoms with Crippen LogP contribution in [0.15, 0.2) is 24.3 Å². The van der Waals surface area contributed by atoms with Gasteiger partial charge in [-0.15, -0.1) is 0 Å². The van der Waals surface area contributed by atoms with Crippen LogP contribution in [0.5, 0.6) is 5.75 Å². The van der Waals surface area contributed by atoms with E-state index in [4.69, 9.17) is 4.74 Å². The highest BCUT2D eigenvalue weighted by molar-refractivity contribution is 5.98. The summed E-state index contributed by atoms with van der Waals surface area (Å²) in [5.74, 6) is 1.41. The summed E-state index contributed by atoms with van der Waals surface area (Å²) < 4.78 is 5.20. The maximum absolute atomic E-state index is 12.3. The lowest BCUT2D eigenvalue weighted by molar-refractivity contribution is 0.0938. The fourth-order valence-corrected chi connectivity index (χ4v) is 2.63. The molecule has 1 N–H and O–H groups in total. The van der Waals surface area contributed by atoms with Crippen LogP contribution in [0.1, 0.15) is 35.3 Å². The molecule has 21 heavy (non-hydrogen) atoms. The van der Waals surface area contributed by atoms with Gasteiger partial charge in [-0.3, -0.25) is 9.78 Å². The van der Waals surface area contributed by atoms with Crippen molar-refractivity contribution in [3.05, 3.63) is 35.5 Å². The number of rotatable bonds is 4. The maximum atomic E-state index is 12.3. The highest BCUT2D eigenvalue weighted by Crippen LogP contribution is 2.25. The first-order chi connectivity index (χ1) is 10.2. The molecule has 1 fully saturated rings. The summed E-state index contributed by atoms with van der Waals surface area (Å²) in [5, 5.41) is 3.98. The first-order valence-electron chi connectivity index (χ1n) is 7.41. The summed E-state index contributed by atoms with van der Waals surface area (Å²) in [6, 6.07) is 7.62. The smallest absolute Gasteiger partial charge is 0.253 e. The number of aromatic nitrogens is 1. The molecule has 0 aliphatic heterocycles. The average Bonchev–Trinajstić information content (AvgIpc) is 2.44. The van der Waals surface area contributed by atoms with Gasteiger partial charge in [-0.25, -0.2) is 0 Å². The van der Waals surface area contributed by atoms with Gasteiger partial charge >= 0.3 is 0 Å². The van der Waals surface area contributed by atoms with Crippen molar-refractivity contribution in [2.75, 3.05) is 13.7 Å². The zero-order valence-corrected chi connectivity index (χ0v) is 12.5.